The van der Waals surface area contributed by atoms with Crippen LogP contribution in [0.3, 0.4) is 0 Å². The van der Waals surface area contributed by atoms with E-state index in [1.54, 1.807) is 0 Å². The summed E-state index contributed by atoms with van der Waals surface area (Å²) in [6.45, 7) is 8.60. The van der Waals surface area contributed by atoms with Gasteiger partial charge in [0.15, 0.2) is 9.84 Å². The summed E-state index contributed by atoms with van der Waals surface area (Å²) in [5.41, 5.74) is 2.32. The number of benzene rings is 1. The van der Waals surface area contributed by atoms with Crippen molar-refractivity contribution >= 4 is 9.84 Å². The third-order valence-corrected chi connectivity index (χ3v) is 6.08. The second kappa shape index (κ2) is 7.79. The smallest absolute Gasteiger partial charge is 0.154 e. The van der Waals surface area contributed by atoms with Crippen LogP contribution >= 0.6 is 0 Å². The molecule has 0 aliphatic heterocycles. The van der Waals surface area contributed by atoms with E-state index in [-0.39, 0.29) is 11.8 Å². The Balaban J connectivity index is 3.03. The highest BCUT2D eigenvalue weighted by Gasteiger charge is 2.29. The predicted octanol–water partition coefficient (Wildman–Crippen LogP) is 3.11. The van der Waals surface area contributed by atoms with E-state index in [1.165, 1.54) is 5.56 Å². The van der Waals surface area contributed by atoms with Crippen LogP contribution < -0.4 is 5.32 Å². The summed E-state index contributed by atoms with van der Waals surface area (Å²) in [4.78, 5) is 0. The van der Waals surface area contributed by atoms with E-state index in [1.807, 2.05) is 32.9 Å². The number of aryl methyl sites for hydroxylation is 1. The Labute approximate surface area is 123 Å². The summed E-state index contributed by atoms with van der Waals surface area (Å²) < 4.78 is 24.6. The molecule has 1 aromatic rings. The third kappa shape index (κ3) is 4.32. The van der Waals surface area contributed by atoms with Crippen LogP contribution in [0.5, 0.6) is 0 Å². The summed E-state index contributed by atoms with van der Waals surface area (Å²) in [6, 6.07) is 8.12. The SMILES string of the molecule is CCCS(=O)(=O)C(C)C(NCC)c1ccc(CC)cc1. The van der Waals surface area contributed by atoms with Gasteiger partial charge in [-0.25, -0.2) is 8.42 Å². The Morgan fingerprint density at radius 3 is 2.15 bits per heavy atom. The molecule has 3 nitrogen and oxygen atoms in total. The van der Waals surface area contributed by atoms with Gasteiger partial charge < -0.3 is 5.32 Å². The van der Waals surface area contributed by atoms with Gasteiger partial charge in [-0.15, -0.1) is 0 Å². The zero-order chi connectivity index (χ0) is 15.2. The standard InChI is InChI=1S/C16H27NO2S/c1-5-12-20(18,19)13(4)16(17-7-3)15-10-8-14(6-2)9-11-15/h8-11,13,16-17H,5-7,12H2,1-4H3. The Hall–Kier alpha value is -0.870. The van der Waals surface area contributed by atoms with Gasteiger partial charge in [-0.3, -0.25) is 0 Å². The highest BCUT2D eigenvalue weighted by molar-refractivity contribution is 7.92. The number of hydrogen-bond acceptors (Lipinski definition) is 3. The average Bonchev–Trinajstić information content (AvgIpc) is 2.44. The molecule has 4 heteroatoms. The molecule has 0 aromatic heterocycles. The number of hydrogen-bond donors (Lipinski definition) is 1. The fourth-order valence-electron chi connectivity index (χ4n) is 2.41. The molecule has 1 aromatic carbocycles. The normalized spacial score (nSPS) is 15.0. The van der Waals surface area contributed by atoms with Crippen molar-refractivity contribution in [1.82, 2.24) is 5.32 Å². The highest BCUT2D eigenvalue weighted by Crippen LogP contribution is 2.23. The van der Waals surface area contributed by atoms with Gasteiger partial charge in [0, 0.05) is 6.04 Å². The molecule has 20 heavy (non-hydrogen) atoms. The third-order valence-electron chi connectivity index (χ3n) is 3.70. The Kier molecular flexibility index (Phi) is 6.69. The quantitative estimate of drug-likeness (QED) is 0.802. The molecule has 0 amide bonds. The summed E-state index contributed by atoms with van der Waals surface area (Å²) in [7, 11) is -3.06. The van der Waals surface area contributed by atoms with Gasteiger partial charge in [0.25, 0.3) is 0 Å². The first-order valence-corrected chi connectivity index (χ1v) is 9.21. The van der Waals surface area contributed by atoms with E-state index >= 15 is 0 Å². The molecule has 0 bridgehead atoms. The molecule has 0 radical (unpaired) electrons. The maximum atomic E-state index is 12.3. The topological polar surface area (TPSA) is 46.2 Å². The van der Waals surface area contributed by atoms with Crippen LogP contribution in [0.15, 0.2) is 24.3 Å². The van der Waals surface area contributed by atoms with Gasteiger partial charge in [0.1, 0.15) is 0 Å². The Morgan fingerprint density at radius 1 is 1.10 bits per heavy atom. The molecule has 0 aliphatic rings. The van der Waals surface area contributed by atoms with Crippen LogP contribution in [0.25, 0.3) is 0 Å². The first kappa shape index (κ1) is 17.2. The van der Waals surface area contributed by atoms with Crippen molar-refractivity contribution in [3.63, 3.8) is 0 Å². The van der Waals surface area contributed by atoms with Gasteiger partial charge in [0.05, 0.1) is 11.0 Å². The van der Waals surface area contributed by atoms with E-state index in [2.05, 4.69) is 24.4 Å². The minimum Gasteiger partial charge on any atom is -0.309 e. The van der Waals surface area contributed by atoms with Crippen molar-refractivity contribution in [2.75, 3.05) is 12.3 Å². The summed E-state index contributed by atoms with van der Waals surface area (Å²) >= 11 is 0. The fourth-order valence-corrected chi connectivity index (χ4v) is 4.02. The van der Waals surface area contributed by atoms with Crippen molar-refractivity contribution in [1.29, 1.82) is 0 Å². The molecular formula is C16H27NO2S. The fraction of sp³-hybridized carbons (Fsp3) is 0.625. The Bertz CT molecular complexity index is 494. The number of sulfone groups is 1. The van der Waals surface area contributed by atoms with Crippen molar-refractivity contribution in [2.45, 2.75) is 51.8 Å². The van der Waals surface area contributed by atoms with Gasteiger partial charge in [-0.05, 0) is 37.4 Å². The Morgan fingerprint density at radius 2 is 1.70 bits per heavy atom. The minimum absolute atomic E-state index is 0.137. The average molecular weight is 297 g/mol. The second-order valence-corrected chi connectivity index (χ2v) is 7.68. The second-order valence-electron chi connectivity index (χ2n) is 5.20. The molecule has 2 unspecified atom stereocenters. The molecule has 0 fully saturated rings. The molecule has 0 heterocycles. The van der Waals surface area contributed by atoms with Gasteiger partial charge in [-0.1, -0.05) is 45.0 Å². The van der Waals surface area contributed by atoms with Crippen LogP contribution in [0.1, 0.15) is 51.3 Å². The molecule has 0 saturated heterocycles. The molecule has 0 aliphatic carbocycles. The van der Waals surface area contributed by atoms with Gasteiger partial charge in [0.2, 0.25) is 0 Å². The van der Waals surface area contributed by atoms with Crippen molar-refractivity contribution < 1.29 is 8.42 Å². The van der Waals surface area contributed by atoms with Crippen molar-refractivity contribution in [3.8, 4) is 0 Å². The molecule has 1 N–H and O–H groups in total. The first-order chi connectivity index (χ1) is 9.46. The lowest BCUT2D eigenvalue weighted by Gasteiger charge is -2.25. The van der Waals surface area contributed by atoms with Crippen molar-refractivity contribution in [3.05, 3.63) is 35.4 Å². The van der Waals surface area contributed by atoms with Crippen LogP contribution in [-0.4, -0.2) is 26.0 Å². The van der Waals surface area contributed by atoms with Crippen LogP contribution in [0.2, 0.25) is 0 Å². The molecule has 0 saturated carbocycles. The zero-order valence-electron chi connectivity index (χ0n) is 13.0. The lowest BCUT2D eigenvalue weighted by atomic mass is 10.0. The molecule has 2 atom stereocenters. The maximum absolute atomic E-state index is 12.3. The largest absolute Gasteiger partial charge is 0.309 e. The molecular weight excluding hydrogens is 270 g/mol. The van der Waals surface area contributed by atoms with Crippen molar-refractivity contribution in [2.24, 2.45) is 0 Å². The zero-order valence-corrected chi connectivity index (χ0v) is 13.8. The van der Waals surface area contributed by atoms with E-state index < -0.39 is 15.1 Å². The molecule has 0 spiro atoms. The maximum Gasteiger partial charge on any atom is 0.154 e. The highest BCUT2D eigenvalue weighted by atomic mass is 32.2. The van der Waals surface area contributed by atoms with Crippen LogP contribution in [0, 0.1) is 0 Å². The van der Waals surface area contributed by atoms with Crippen LogP contribution in [0.4, 0.5) is 0 Å². The first-order valence-electron chi connectivity index (χ1n) is 7.50. The van der Waals surface area contributed by atoms with E-state index in [0.29, 0.717) is 6.42 Å². The number of rotatable bonds is 8. The van der Waals surface area contributed by atoms with E-state index in [4.69, 9.17) is 0 Å². The minimum atomic E-state index is -3.06. The monoisotopic (exact) mass is 297 g/mol. The molecule has 1 rings (SSSR count). The van der Waals surface area contributed by atoms with Gasteiger partial charge in [-0.2, -0.15) is 0 Å². The summed E-state index contributed by atoms with van der Waals surface area (Å²) in [5.74, 6) is 0.253. The van der Waals surface area contributed by atoms with Gasteiger partial charge >= 0.3 is 0 Å². The van der Waals surface area contributed by atoms with Crippen LogP contribution in [-0.2, 0) is 16.3 Å². The predicted molar refractivity (Wildman–Crippen MR) is 85.8 cm³/mol. The lowest BCUT2D eigenvalue weighted by Crippen LogP contribution is -2.36. The summed E-state index contributed by atoms with van der Waals surface area (Å²) in [6.07, 6.45) is 1.66. The van der Waals surface area contributed by atoms with E-state index in [9.17, 15) is 8.42 Å². The number of nitrogens with one attached hydrogen (secondary N) is 1. The molecule has 114 valence electrons. The van der Waals surface area contributed by atoms with E-state index in [0.717, 1.165) is 18.5 Å². The lowest BCUT2D eigenvalue weighted by molar-refractivity contribution is 0.509. The summed E-state index contributed by atoms with van der Waals surface area (Å²) in [5, 5.41) is 2.91.